The number of fused-ring (bicyclic) bond motifs is 1. The Bertz CT molecular complexity index is 336. The topological polar surface area (TPSA) is 15.3 Å². The van der Waals surface area contributed by atoms with E-state index in [4.69, 9.17) is 0 Å². The Balaban J connectivity index is 1.71. The molecule has 0 amide bonds. The summed E-state index contributed by atoms with van der Waals surface area (Å²) >= 11 is 0. The molecular formula is C14H20N2. The maximum absolute atomic E-state index is 3.69. The van der Waals surface area contributed by atoms with E-state index in [1.54, 1.807) is 0 Å². The van der Waals surface area contributed by atoms with Crippen molar-refractivity contribution in [1.82, 2.24) is 10.2 Å². The third-order valence-corrected chi connectivity index (χ3v) is 3.97. The van der Waals surface area contributed by atoms with E-state index < -0.39 is 0 Å². The van der Waals surface area contributed by atoms with Crippen molar-refractivity contribution in [2.45, 2.75) is 31.3 Å². The largest absolute Gasteiger partial charge is 0.307 e. The molecule has 2 fully saturated rings. The molecule has 0 saturated carbocycles. The highest BCUT2D eigenvalue weighted by atomic mass is 15.2. The minimum atomic E-state index is 0.538. The van der Waals surface area contributed by atoms with Crippen LogP contribution in [-0.4, -0.2) is 30.6 Å². The Kier molecular flexibility index (Phi) is 2.94. The maximum atomic E-state index is 3.69. The average molecular weight is 216 g/mol. The number of nitrogens with one attached hydrogen (secondary N) is 1. The van der Waals surface area contributed by atoms with Crippen LogP contribution in [0.1, 0.15) is 30.9 Å². The molecule has 0 aromatic heterocycles. The Morgan fingerprint density at radius 3 is 2.88 bits per heavy atom. The number of benzene rings is 1. The molecule has 0 aliphatic carbocycles. The van der Waals surface area contributed by atoms with Gasteiger partial charge in [0, 0.05) is 25.2 Å². The van der Waals surface area contributed by atoms with E-state index in [9.17, 15) is 0 Å². The first kappa shape index (κ1) is 10.3. The van der Waals surface area contributed by atoms with E-state index in [0.29, 0.717) is 6.04 Å². The second kappa shape index (κ2) is 4.56. The molecule has 2 nitrogen and oxygen atoms in total. The van der Waals surface area contributed by atoms with Gasteiger partial charge < -0.3 is 5.32 Å². The number of piperidine rings is 1. The quantitative estimate of drug-likeness (QED) is 0.774. The predicted octanol–water partition coefficient (Wildman–Crippen LogP) is 2.19. The van der Waals surface area contributed by atoms with Gasteiger partial charge in [-0.3, -0.25) is 4.90 Å². The first-order chi connectivity index (χ1) is 7.93. The molecule has 2 aliphatic rings. The van der Waals surface area contributed by atoms with Crippen LogP contribution in [-0.2, 0) is 0 Å². The zero-order chi connectivity index (χ0) is 10.8. The van der Waals surface area contributed by atoms with Crippen LogP contribution >= 0.6 is 0 Å². The molecule has 2 saturated heterocycles. The second-order valence-corrected chi connectivity index (χ2v) is 5.02. The molecule has 2 aliphatic heterocycles. The standard InChI is InChI=1S/C14H20N2/c1-2-6-12(7-3-1)14-11-16-9-5-4-8-13(16)10-15-14/h1-3,6-7,13-15H,4-5,8-11H2. The highest BCUT2D eigenvalue weighted by molar-refractivity contribution is 5.20. The van der Waals surface area contributed by atoms with Crippen molar-refractivity contribution in [2.75, 3.05) is 19.6 Å². The van der Waals surface area contributed by atoms with Crippen molar-refractivity contribution in [1.29, 1.82) is 0 Å². The van der Waals surface area contributed by atoms with Crippen molar-refractivity contribution in [3.63, 3.8) is 0 Å². The van der Waals surface area contributed by atoms with Crippen molar-refractivity contribution < 1.29 is 0 Å². The van der Waals surface area contributed by atoms with Gasteiger partial charge >= 0.3 is 0 Å². The lowest BCUT2D eigenvalue weighted by Crippen LogP contribution is -2.54. The summed E-state index contributed by atoms with van der Waals surface area (Å²) in [4.78, 5) is 2.68. The lowest BCUT2D eigenvalue weighted by Gasteiger charge is -2.43. The zero-order valence-electron chi connectivity index (χ0n) is 9.73. The average Bonchev–Trinajstić information content (AvgIpc) is 2.39. The Labute approximate surface area is 97.6 Å². The van der Waals surface area contributed by atoms with Gasteiger partial charge in [-0.25, -0.2) is 0 Å². The monoisotopic (exact) mass is 216 g/mol. The van der Waals surface area contributed by atoms with Gasteiger partial charge in [0.15, 0.2) is 0 Å². The van der Waals surface area contributed by atoms with Crippen LogP contribution in [0.25, 0.3) is 0 Å². The minimum Gasteiger partial charge on any atom is -0.307 e. The van der Waals surface area contributed by atoms with Gasteiger partial charge in [-0.1, -0.05) is 36.8 Å². The molecule has 2 atom stereocenters. The van der Waals surface area contributed by atoms with Crippen LogP contribution in [0.15, 0.2) is 30.3 Å². The third-order valence-electron chi connectivity index (χ3n) is 3.97. The van der Waals surface area contributed by atoms with Gasteiger partial charge in [-0.15, -0.1) is 0 Å². The van der Waals surface area contributed by atoms with Crippen LogP contribution in [0.2, 0.25) is 0 Å². The van der Waals surface area contributed by atoms with Gasteiger partial charge in [0.2, 0.25) is 0 Å². The smallest absolute Gasteiger partial charge is 0.0449 e. The molecule has 3 rings (SSSR count). The van der Waals surface area contributed by atoms with Crippen molar-refractivity contribution in [3.8, 4) is 0 Å². The predicted molar refractivity (Wildman–Crippen MR) is 66.4 cm³/mol. The molecule has 0 spiro atoms. The summed E-state index contributed by atoms with van der Waals surface area (Å²) in [7, 11) is 0. The van der Waals surface area contributed by atoms with Gasteiger partial charge in [-0.2, -0.15) is 0 Å². The van der Waals surface area contributed by atoms with Crippen LogP contribution in [0.5, 0.6) is 0 Å². The molecule has 2 unspecified atom stereocenters. The SMILES string of the molecule is c1ccc(C2CN3CCCCC3CN2)cc1. The fourth-order valence-electron chi connectivity index (χ4n) is 3.02. The summed E-state index contributed by atoms with van der Waals surface area (Å²) in [5.74, 6) is 0. The number of hydrogen-bond donors (Lipinski definition) is 1. The van der Waals surface area contributed by atoms with E-state index in [1.165, 1.54) is 44.5 Å². The fraction of sp³-hybridized carbons (Fsp3) is 0.571. The molecular weight excluding hydrogens is 196 g/mol. The lowest BCUT2D eigenvalue weighted by atomic mass is 9.95. The summed E-state index contributed by atoms with van der Waals surface area (Å²) in [6.07, 6.45) is 4.19. The minimum absolute atomic E-state index is 0.538. The Morgan fingerprint density at radius 2 is 2.00 bits per heavy atom. The van der Waals surface area contributed by atoms with Crippen LogP contribution < -0.4 is 5.32 Å². The van der Waals surface area contributed by atoms with Crippen molar-refractivity contribution in [2.24, 2.45) is 0 Å². The summed E-state index contributed by atoms with van der Waals surface area (Å²) in [5, 5.41) is 3.69. The maximum Gasteiger partial charge on any atom is 0.0449 e. The highest BCUT2D eigenvalue weighted by Crippen LogP contribution is 2.25. The highest BCUT2D eigenvalue weighted by Gasteiger charge is 2.29. The number of hydrogen-bond acceptors (Lipinski definition) is 2. The molecule has 1 aromatic rings. The molecule has 86 valence electrons. The zero-order valence-corrected chi connectivity index (χ0v) is 9.73. The Morgan fingerprint density at radius 1 is 1.12 bits per heavy atom. The normalized spacial score (nSPS) is 31.0. The molecule has 16 heavy (non-hydrogen) atoms. The number of piperazine rings is 1. The number of nitrogens with zero attached hydrogens (tertiary/aromatic N) is 1. The molecule has 2 heteroatoms. The van der Waals surface area contributed by atoms with Crippen LogP contribution in [0.4, 0.5) is 0 Å². The van der Waals surface area contributed by atoms with E-state index >= 15 is 0 Å². The second-order valence-electron chi connectivity index (χ2n) is 5.02. The molecule has 0 radical (unpaired) electrons. The fourth-order valence-corrected chi connectivity index (χ4v) is 3.02. The molecule has 2 heterocycles. The summed E-state index contributed by atoms with van der Waals surface area (Å²) < 4.78 is 0. The van der Waals surface area contributed by atoms with Crippen molar-refractivity contribution >= 4 is 0 Å². The van der Waals surface area contributed by atoms with Gasteiger partial charge in [0.1, 0.15) is 0 Å². The number of rotatable bonds is 1. The van der Waals surface area contributed by atoms with E-state index in [1.807, 2.05) is 0 Å². The lowest BCUT2D eigenvalue weighted by molar-refractivity contribution is 0.0951. The first-order valence-electron chi connectivity index (χ1n) is 6.46. The van der Waals surface area contributed by atoms with Gasteiger partial charge in [-0.05, 0) is 24.9 Å². The summed E-state index contributed by atoms with van der Waals surface area (Å²) in [5.41, 5.74) is 1.44. The van der Waals surface area contributed by atoms with E-state index in [0.717, 1.165) is 6.04 Å². The molecule has 1 aromatic carbocycles. The van der Waals surface area contributed by atoms with Crippen LogP contribution in [0, 0.1) is 0 Å². The van der Waals surface area contributed by atoms with Crippen molar-refractivity contribution in [3.05, 3.63) is 35.9 Å². The third kappa shape index (κ3) is 2.00. The Hall–Kier alpha value is -0.860. The van der Waals surface area contributed by atoms with Crippen LogP contribution in [0.3, 0.4) is 0 Å². The van der Waals surface area contributed by atoms with Gasteiger partial charge in [0.05, 0.1) is 0 Å². The first-order valence-corrected chi connectivity index (χ1v) is 6.46. The van der Waals surface area contributed by atoms with E-state index in [2.05, 4.69) is 40.5 Å². The summed E-state index contributed by atoms with van der Waals surface area (Å²) in [6.45, 7) is 3.66. The molecule has 0 bridgehead atoms. The molecule has 1 N–H and O–H groups in total. The van der Waals surface area contributed by atoms with E-state index in [-0.39, 0.29) is 0 Å². The summed E-state index contributed by atoms with van der Waals surface area (Å²) in [6, 6.07) is 12.2. The van der Waals surface area contributed by atoms with Gasteiger partial charge in [0.25, 0.3) is 0 Å².